The molecule has 0 aliphatic heterocycles. The number of hydrogen-bond acceptors (Lipinski definition) is 5. The van der Waals surface area contributed by atoms with Crippen LogP contribution in [0.4, 0.5) is 0 Å². The first-order chi connectivity index (χ1) is 14.0. The zero-order chi connectivity index (χ0) is 20.8. The molecule has 1 heterocycles. The van der Waals surface area contributed by atoms with Crippen LogP contribution in [0.2, 0.25) is 5.02 Å². The molecule has 7 nitrogen and oxygen atoms in total. The molecule has 0 radical (unpaired) electrons. The number of nitrogens with zero attached hydrogens (tertiary/aromatic N) is 3. The van der Waals surface area contributed by atoms with E-state index in [9.17, 15) is 4.79 Å². The summed E-state index contributed by atoms with van der Waals surface area (Å²) in [5.74, 6) is 0.823. The van der Waals surface area contributed by atoms with E-state index in [1.807, 2.05) is 24.3 Å². The van der Waals surface area contributed by atoms with Gasteiger partial charge in [0.25, 0.3) is 5.91 Å². The molecule has 0 bridgehead atoms. The standard InChI is InChI=1S/C20H18BrClN4O3/c1-28-16-7-8-18(29-2)14(9-16)10-23-24-20(27)19-17(21)12-26(25-19)11-13-3-5-15(22)6-4-13/h3-10,12H,11H2,1-2H3,(H,24,27)/b23-10+. The minimum Gasteiger partial charge on any atom is -0.497 e. The first kappa shape index (κ1) is 20.9. The number of methoxy groups -OCH3 is 2. The summed E-state index contributed by atoms with van der Waals surface area (Å²) in [5.41, 5.74) is 4.38. The molecule has 9 heteroatoms. The predicted molar refractivity (Wildman–Crippen MR) is 115 cm³/mol. The van der Waals surface area contributed by atoms with Crippen LogP contribution in [0, 0.1) is 0 Å². The topological polar surface area (TPSA) is 77.7 Å². The van der Waals surface area contributed by atoms with Gasteiger partial charge in [0.15, 0.2) is 5.69 Å². The lowest BCUT2D eigenvalue weighted by molar-refractivity contribution is 0.0948. The summed E-state index contributed by atoms with van der Waals surface area (Å²) in [7, 11) is 3.13. The monoisotopic (exact) mass is 476 g/mol. The van der Waals surface area contributed by atoms with Gasteiger partial charge in [-0.25, -0.2) is 5.43 Å². The molecular weight excluding hydrogens is 460 g/mol. The van der Waals surface area contributed by atoms with Crippen LogP contribution >= 0.6 is 27.5 Å². The number of rotatable bonds is 7. The van der Waals surface area contributed by atoms with Crippen LogP contribution in [0.5, 0.6) is 11.5 Å². The number of halogens is 2. The molecule has 0 unspecified atom stereocenters. The number of ether oxygens (including phenoxy) is 2. The molecule has 29 heavy (non-hydrogen) atoms. The molecule has 1 N–H and O–H groups in total. The van der Waals surface area contributed by atoms with E-state index in [1.165, 1.54) is 6.21 Å². The maximum atomic E-state index is 12.4. The van der Waals surface area contributed by atoms with E-state index in [0.29, 0.717) is 33.1 Å². The maximum Gasteiger partial charge on any atom is 0.293 e. The highest BCUT2D eigenvalue weighted by Gasteiger charge is 2.15. The van der Waals surface area contributed by atoms with E-state index >= 15 is 0 Å². The molecule has 3 aromatic rings. The second-order valence-corrected chi connectivity index (χ2v) is 7.25. The van der Waals surface area contributed by atoms with Crippen molar-refractivity contribution in [3.05, 3.63) is 75.0 Å². The van der Waals surface area contributed by atoms with Crippen molar-refractivity contribution < 1.29 is 14.3 Å². The molecule has 0 saturated heterocycles. The highest BCUT2D eigenvalue weighted by molar-refractivity contribution is 9.10. The Bertz CT molecular complexity index is 1030. The lowest BCUT2D eigenvalue weighted by Crippen LogP contribution is -2.19. The number of amides is 1. The second kappa shape index (κ2) is 9.58. The summed E-state index contributed by atoms with van der Waals surface area (Å²) in [4.78, 5) is 12.4. The molecule has 2 aromatic carbocycles. The molecule has 0 aliphatic carbocycles. The van der Waals surface area contributed by atoms with Crippen LogP contribution in [0.25, 0.3) is 0 Å². The lowest BCUT2D eigenvalue weighted by atomic mass is 10.2. The van der Waals surface area contributed by atoms with Gasteiger partial charge in [-0.1, -0.05) is 23.7 Å². The minimum atomic E-state index is -0.440. The molecule has 1 amide bonds. The SMILES string of the molecule is COc1ccc(OC)c(/C=N/NC(=O)c2nn(Cc3ccc(Cl)cc3)cc2Br)c1. The highest BCUT2D eigenvalue weighted by atomic mass is 79.9. The zero-order valence-electron chi connectivity index (χ0n) is 15.7. The van der Waals surface area contributed by atoms with E-state index in [1.54, 1.807) is 43.3 Å². The summed E-state index contributed by atoms with van der Waals surface area (Å²) >= 11 is 9.27. The van der Waals surface area contributed by atoms with Crippen molar-refractivity contribution in [2.45, 2.75) is 6.54 Å². The second-order valence-electron chi connectivity index (χ2n) is 5.96. The zero-order valence-corrected chi connectivity index (χ0v) is 18.1. The van der Waals surface area contributed by atoms with E-state index in [2.05, 4.69) is 31.6 Å². The fourth-order valence-corrected chi connectivity index (χ4v) is 3.18. The van der Waals surface area contributed by atoms with Gasteiger partial charge in [-0.2, -0.15) is 10.2 Å². The third-order valence-corrected chi connectivity index (χ3v) is 4.83. The summed E-state index contributed by atoms with van der Waals surface area (Å²) < 4.78 is 12.7. The number of carbonyl (C=O) groups excluding carboxylic acids is 1. The number of hydrogen-bond donors (Lipinski definition) is 1. The highest BCUT2D eigenvalue weighted by Crippen LogP contribution is 2.22. The van der Waals surface area contributed by atoms with Crippen LogP contribution < -0.4 is 14.9 Å². The third kappa shape index (κ3) is 5.36. The van der Waals surface area contributed by atoms with Crippen LogP contribution in [0.1, 0.15) is 21.6 Å². The van der Waals surface area contributed by atoms with Gasteiger partial charge in [-0.3, -0.25) is 9.48 Å². The Hall–Kier alpha value is -2.84. The molecule has 0 spiro atoms. The predicted octanol–water partition coefficient (Wildman–Crippen LogP) is 4.13. The largest absolute Gasteiger partial charge is 0.497 e. The molecular formula is C20H18BrClN4O3. The number of nitrogens with one attached hydrogen (secondary N) is 1. The van der Waals surface area contributed by atoms with Gasteiger partial charge in [0.2, 0.25) is 0 Å². The van der Waals surface area contributed by atoms with E-state index in [4.69, 9.17) is 21.1 Å². The lowest BCUT2D eigenvalue weighted by Gasteiger charge is -2.06. The molecule has 1 aromatic heterocycles. The summed E-state index contributed by atoms with van der Waals surface area (Å²) in [5, 5.41) is 8.99. The first-order valence-corrected chi connectivity index (χ1v) is 9.70. The van der Waals surface area contributed by atoms with Crippen molar-refractivity contribution in [3.63, 3.8) is 0 Å². The number of carbonyl (C=O) groups is 1. The summed E-state index contributed by atoms with van der Waals surface area (Å²) in [6.45, 7) is 0.507. The molecule has 150 valence electrons. The Labute approximate surface area is 181 Å². The van der Waals surface area contributed by atoms with Crippen molar-refractivity contribution in [3.8, 4) is 11.5 Å². The van der Waals surface area contributed by atoms with Crippen molar-refractivity contribution in [1.82, 2.24) is 15.2 Å². The van der Waals surface area contributed by atoms with Gasteiger partial charge >= 0.3 is 0 Å². The van der Waals surface area contributed by atoms with Crippen molar-refractivity contribution in [1.29, 1.82) is 0 Å². The Kier molecular flexibility index (Phi) is 6.90. The molecule has 0 atom stereocenters. The maximum absolute atomic E-state index is 12.4. The van der Waals surface area contributed by atoms with Gasteiger partial charge in [0.1, 0.15) is 11.5 Å². The first-order valence-electron chi connectivity index (χ1n) is 8.53. The molecule has 0 aliphatic rings. The van der Waals surface area contributed by atoms with Crippen LogP contribution in [-0.2, 0) is 6.54 Å². The van der Waals surface area contributed by atoms with Crippen molar-refractivity contribution >= 4 is 39.7 Å². The normalized spacial score (nSPS) is 10.9. The van der Waals surface area contributed by atoms with Gasteiger partial charge in [0.05, 0.1) is 31.5 Å². The van der Waals surface area contributed by atoms with Crippen LogP contribution in [0.3, 0.4) is 0 Å². The fourth-order valence-electron chi connectivity index (χ4n) is 2.56. The van der Waals surface area contributed by atoms with E-state index < -0.39 is 5.91 Å². The number of aromatic nitrogens is 2. The third-order valence-electron chi connectivity index (χ3n) is 4.00. The quantitative estimate of drug-likeness (QED) is 0.410. The van der Waals surface area contributed by atoms with Gasteiger partial charge in [-0.05, 0) is 51.8 Å². The van der Waals surface area contributed by atoms with Gasteiger partial charge in [-0.15, -0.1) is 0 Å². The van der Waals surface area contributed by atoms with Gasteiger partial charge in [0, 0.05) is 16.8 Å². The number of hydrazone groups is 1. The van der Waals surface area contributed by atoms with Gasteiger partial charge < -0.3 is 9.47 Å². The van der Waals surface area contributed by atoms with Crippen molar-refractivity contribution in [2.75, 3.05) is 14.2 Å². The van der Waals surface area contributed by atoms with Crippen molar-refractivity contribution in [2.24, 2.45) is 5.10 Å². The molecule has 3 rings (SSSR count). The number of benzene rings is 2. The minimum absolute atomic E-state index is 0.230. The molecule has 0 fully saturated rings. The Morgan fingerprint density at radius 2 is 2.00 bits per heavy atom. The Balaban J connectivity index is 1.69. The summed E-state index contributed by atoms with van der Waals surface area (Å²) in [6.07, 6.45) is 3.22. The fraction of sp³-hybridized carbons (Fsp3) is 0.150. The molecule has 0 saturated carbocycles. The average Bonchev–Trinajstić information content (AvgIpc) is 3.09. The summed E-state index contributed by atoms with van der Waals surface area (Å²) in [6, 6.07) is 12.7. The smallest absolute Gasteiger partial charge is 0.293 e. The van der Waals surface area contributed by atoms with E-state index in [0.717, 1.165) is 5.56 Å². The Morgan fingerprint density at radius 1 is 1.24 bits per heavy atom. The average molecular weight is 478 g/mol. The van der Waals surface area contributed by atoms with Crippen LogP contribution in [-0.4, -0.2) is 36.1 Å². The van der Waals surface area contributed by atoms with E-state index in [-0.39, 0.29) is 5.69 Å². The Morgan fingerprint density at radius 3 is 2.69 bits per heavy atom. The van der Waals surface area contributed by atoms with Crippen LogP contribution in [0.15, 0.2) is 58.2 Å².